The molecule has 0 spiro atoms. The van der Waals surface area contributed by atoms with E-state index < -0.39 is 0 Å². The minimum Gasteiger partial charge on any atom is -0.494 e. The van der Waals surface area contributed by atoms with Crippen LogP contribution in [0, 0.1) is 12.3 Å². The second kappa shape index (κ2) is 17.5. The Bertz CT molecular complexity index is 599. The first-order chi connectivity index (χ1) is 16.2. The molecule has 1 nitrogen and oxygen atoms in total. The maximum absolute atomic E-state index is 6.06. The maximum Gasteiger partial charge on any atom is 0.119 e. The van der Waals surface area contributed by atoms with Crippen molar-refractivity contribution >= 4 is 0 Å². The number of aryl methyl sites for hydroxylation is 2. The molecular formula is C32H56O. The molecule has 2 rings (SSSR count). The van der Waals surface area contributed by atoms with Crippen molar-refractivity contribution < 1.29 is 4.74 Å². The molecule has 0 heterocycles. The van der Waals surface area contributed by atoms with E-state index in [2.05, 4.69) is 39.0 Å². The van der Waals surface area contributed by atoms with Crippen LogP contribution in [0.2, 0.25) is 0 Å². The fraction of sp³-hybridized carbons (Fsp3) is 0.812. The summed E-state index contributed by atoms with van der Waals surface area (Å²) in [7, 11) is 0. The van der Waals surface area contributed by atoms with E-state index in [-0.39, 0.29) is 0 Å². The highest BCUT2D eigenvalue weighted by molar-refractivity contribution is 5.35. The molecule has 0 amide bonds. The van der Waals surface area contributed by atoms with Crippen molar-refractivity contribution in [1.82, 2.24) is 0 Å². The molecule has 0 saturated heterocycles. The van der Waals surface area contributed by atoms with Crippen LogP contribution < -0.4 is 4.74 Å². The van der Waals surface area contributed by atoms with Crippen LogP contribution in [0.4, 0.5) is 0 Å². The van der Waals surface area contributed by atoms with Crippen LogP contribution in [-0.4, -0.2) is 6.61 Å². The lowest BCUT2D eigenvalue weighted by Crippen LogP contribution is -2.25. The van der Waals surface area contributed by atoms with E-state index in [9.17, 15) is 0 Å². The molecular weight excluding hydrogens is 400 g/mol. The van der Waals surface area contributed by atoms with E-state index in [1.54, 1.807) is 5.56 Å². The summed E-state index contributed by atoms with van der Waals surface area (Å²) in [5.74, 6) is 1.07. The highest BCUT2D eigenvalue weighted by atomic mass is 16.5. The van der Waals surface area contributed by atoms with Crippen LogP contribution in [-0.2, 0) is 6.42 Å². The van der Waals surface area contributed by atoms with Crippen molar-refractivity contribution in [3.63, 3.8) is 0 Å². The summed E-state index contributed by atoms with van der Waals surface area (Å²) >= 11 is 0. The second-order valence-corrected chi connectivity index (χ2v) is 11.1. The van der Waals surface area contributed by atoms with Crippen molar-refractivity contribution in [2.75, 3.05) is 6.61 Å². The first-order valence-electron chi connectivity index (χ1n) is 14.9. The zero-order chi connectivity index (χ0) is 23.6. The van der Waals surface area contributed by atoms with Gasteiger partial charge in [-0.25, -0.2) is 0 Å². The summed E-state index contributed by atoms with van der Waals surface area (Å²) in [5.41, 5.74) is 3.60. The van der Waals surface area contributed by atoms with E-state index in [1.165, 1.54) is 140 Å². The summed E-state index contributed by atoms with van der Waals surface area (Å²) in [6.45, 7) is 7.75. The van der Waals surface area contributed by atoms with E-state index in [0.717, 1.165) is 12.4 Å². The van der Waals surface area contributed by atoms with Crippen molar-refractivity contribution in [3.8, 4) is 5.75 Å². The number of benzene rings is 1. The van der Waals surface area contributed by atoms with Gasteiger partial charge in [0.05, 0.1) is 6.61 Å². The van der Waals surface area contributed by atoms with Crippen LogP contribution in [0.15, 0.2) is 18.2 Å². The van der Waals surface area contributed by atoms with Crippen LogP contribution in [0.25, 0.3) is 0 Å². The van der Waals surface area contributed by atoms with Gasteiger partial charge in [-0.3, -0.25) is 0 Å². The largest absolute Gasteiger partial charge is 0.494 e. The monoisotopic (exact) mass is 456 g/mol. The molecule has 1 fully saturated rings. The summed E-state index contributed by atoms with van der Waals surface area (Å²) in [6, 6.07) is 6.87. The number of hydrogen-bond donors (Lipinski definition) is 0. The van der Waals surface area contributed by atoms with Crippen LogP contribution >= 0.6 is 0 Å². The lowest BCUT2D eigenvalue weighted by atomic mass is 9.67. The molecule has 0 aromatic heterocycles. The normalized spacial score (nSPS) is 15.6. The predicted octanol–water partition coefficient (Wildman–Crippen LogP) is 10.8. The minimum absolute atomic E-state index is 0.626. The predicted molar refractivity (Wildman–Crippen MR) is 146 cm³/mol. The Labute approximate surface area is 207 Å². The highest BCUT2D eigenvalue weighted by Crippen LogP contribution is 2.44. The molecule has 1 aliphatic rings. The Morgan fingerprint density at radius 1 is 0.697 bits per heavy atom. The van der Waals surface area contributed by atoms with Crippen molar-refractivity contribution in [2.24, 2.45) is 5.41 Å². The van der Waals surface area contributed by atoms with Crippen LogP contribution in [0.5, 0.6) is 5.75 Å². The van der Waals surface area contributed by atoms with Crippen molar-refractivity contribution in [1.29, 1.82) is 0 Å². The molecule has 33 heavy (non-hydrogen) atoms. The third-order valence-electron chi connectivity index (χ3n) is 8.23. The Kier molecular flexibility index (Phi) is 14.9. The summed E-state index contributed by atoms with van der Waals surface area (Å²) in [5, 5.41) is 0. The van der Waals surface area contributed by atoms with Crippen molar-refractivity contribution in [2.45, 2.75) is 156 Å². The minimum atomic E-state index is 0.626. The van der Waals surface area contributed by atoms with E-state index >= 15 is 0 Å². The fourth-order valence-corrected chi connectivity index (χ4v) is 5.89. The maximum atomic E-state index is 6.06. The van der Waals surface area contributed by atoms with Gasteiger partial charge in [0.1, 0.15) is 5.75 Å². The SMILES string of the molecule is CCCCCCCCCC1(CCc2ccc(OCCCCCCCC)cc2C)CCCCC1. The Hall–Kier alpha value is -0.980. The van der Waals surface area contributed by atoms with Gasteiger partial charge < -0.3 is 4.74 Å². The van der Waals surface area contributed by atoms with Gasteiger partial charge in [0.15, 0.2) is 0 Å². The first-order valence-corrected chi connectivity index (χ1v) is 14.9. The standard InChI is InChI=1S/C32H56O/c1-4-6-8-10-12-13-16-23-32(24-17-15-18-25-32)26-22-30-20-21-31(28-29(30)3)33-27-19-14-11-9-7-5-2/h20-21,28H,4-19,22-27H2,1-3H3. The van der Waals surface area contributed by atoms with Gasteiger partial charge in [-0.05, 0) is 74.1 Å². The van der Waals surface area contributed by atoms with Crippen LogP contribution in [0.3, 0.4) is 0 Å². The summed E-state index contributed by atoms with van der Waals surface area (Å²) < 4.78 is 6.06. The van der Waals surface area contributed by atoms with Gasteiger partial charge in [-0.1, -0.05) is 116 Å². The number of unbranched alkanes of at least 4 members (excludes halogenated alkanes) is 11. The Morgan fingerprint density at radius 3 is 1.94 bits per heavy atom. The second-order valence-electron chi connectivity index (χ2n) is 11.1. The topological polar surface area (TPSA) is 9.23 Å². The molecule has 1 aliphatic carbocycles. The number of hydrogen-bond acceptors (Lipinski definition) is 1. The van der Waals surface area contributed by atoms with E-state index in [1.807, 2.05) is 0 Å². The fourth-order valence-electron chi connectivity index (χ4n) is 5.89. The quantitative estimate of drug-likeness (QED) is 0.188. The lowest BCUT2D eigenvalue weighted by Gasteiger charge is -2.38. The van der Waals surface area contributed by atoms with Gasteiger partial charge in [-0.2, -0.15) is 0 Å². The van der Waals surface area contributed by atoms with Gasteiger partial charge >= 0.3 is 0 Å². The van der Waals surface area contributed by atoms with Gasteiger partial charge in [0.2, 0.25) is 0 Å². The van der Waals surface area contributed by atoms with Gasteiger partial charge in [-0.15, -0.1) is 0 Å². The Morgan fingerprint density at radius 2 is 1.30 bits per heavy atom. The van der Waals surface area contributed by atoms with E-state index in [4.69, 9.17) is 4.74 Å². The summed E-state index contributed by atoms with van der Waals surface area (Å²) in [4.78, 5) is 0. The molecule has 1 saturated carbocycles. The average Bonchev–Trinajstić information content (AvgIpc) is 2.83. The summed E-state index contributed by atoms with van der Waals surface area (Å²) in [6.07, 6.45) is 29.4. The Balaban J connectivity index is 1.74. The first kappa shape index (κ1) is 28.3. The van der Waals surface area contributed by atoms with Crippen LogP contribution in [0.1, 0.15) is 153 Å². The molecule has 0 unspecified atom stereocenters. The number of rotatable bonds is 19. The van der Waals surface area contributed by atoms with E-state index in [0.29, 0.717) is 5.41 Å². The molecule has 0 atom stereocenters. The molecule has 0 N–H and O–H groups in total. The molecule has 190 valence electrons. The third-order valence-corrected chi connectivity index (χ3v) is 8.23. The molecule has 1 aromatic carbocycles. The zero-order valence-corrected chi connectivity index (χ0v) is 22.7. The average molecular weight is 457 g/mol. The molecule has 0 bridgehead atoms. The third kappa shape index (κ3) is 11.8. The lowest BCUT2D eigenvalue weighted by molar-refractivity contribution is 0.152. The number of ether oxygens (including phenoxy) is 1. The smallest absolute Gasteiger partial charge is 0.119 e. The van der Waals surface area contributed by atoms with Crippen molar-refractivity contribution in [3.05, 3.63) is 29.3 Å². The van der Waals surface area contributed by atoms with Gasteiger partial charge in [0.25, 0.3) is 0 Å². The highest BCUT2D eigenvalue weighted by Gasteiger charge is 2.31. The molecule has 1 aromatic rings. The zero-order valence-electron chi connectivity index (χ0n) is 22.7. The molecule has 0 radical (unpaired) electrons. The molecule has 0 aliphatic heterocycles. The molecule has 1 heteroatoms. The van der Waals surface area contributed by atoms with Gasteiger partial charge in [0, 0.05) is 0 Å².